The lowest BCUT2D eigenvalue weighted by Gasteiger charge is -2.33. The van der Waals surface area contributed by atoms with Crippen molar-refractivity contribution in [3.05, 3.63) is 64.4 Å². The van der Waals surface area contributed by atoms with Crippen LogP contribution in [0.3, 0.4) is 0 Å². The van der Waals surface area contributed by atoms with E-state index in [1.807, 2.05) is 52.0 Å². The Morgan fingerprint density at radius 2 is 1.91 bits per heavy atom. The summed E-state index contributed by atoms with van der Waals surface area (Å²) in [7, 11) is 1.58. The molecule has 0 aliphatic heterocycles. The third kappa shape index (κ3) is 8.23. The Bertz CT molecular complexity index is 945. The van der Waals surface area contributed by atoms with Crippen LogP contribution in [0.4, 0.5) is 4.39 Å². The third-order valence-corrected chi connectivity index (χ3v) is 6.20. The van der Waals surface area contributed by atoms with Crippen molar-refractivity contribution in [2.45, 2.75) is 58.0 Å². The van der Waals surface area contributed by atoms with E-state index in [0.29, 0.717) is 22.8 Å². The van der Waals surface area contributed by atoms with Gasteiger partial charge in [0.15, 0.2) is 0 Å². The molecule has 0 fully saturated rings. The quantitative estimate of drug-likeness (QED) is 0.477. The summed E-state index contributed by atoms with van der Waals surface area (Å²) in [6.45, 7) is 7.84. The van der Waals surface area contributed by atoms with Gasteiger partial charge in [0.05, 0.1) is 12.9 Å². The predicted octanol–water partition coefficient (Wildman–Crippen LogP) is 5.44. The van der Waals surface area contributed by atoms with Gasteiger partial charge in [-0.1, -0.05) is 36.7 Å². The molecule has 0 saturated heterocycles. The fraction of sp³-hybridized carbons (Fsp3) is 0.440. The van der Waals surface area contributed by atoms with Gasteiger partial charge in [-0.25, -0.2) is 4.39 Å². The molecule has 2 aromatic carbocycles. The fourth-order valence-electron chi connectivity index (χ4n) is 3.33. The summed E-state index contributed by atoms with van der Waals surface area (Å²) in [6.07, 6.45) is 0.460. The van der Waals surface area contributed by atoms with E-state index in [2.05, 4.69) is 5.32 Å². The molecule has 33 heavy (non-hydrogen) atoms. The van der Waals surface area contributed by atoms with Crippen LogP contribution < -0.4 is 10.1 Å². The maximum atomic E-state index is 14.1. The maximum Gasteiger partial charge on any atom is 0.243 e. The van der Waals surface area contributed by atoms with Gasteiger partial charge in [0, 0.05) is 28.4 Å². The van der Waals surface area contributed by atoms with Gasteiger partial charge >= 0.3 is 0 Å². The van der Waals surface area contributed by atoms with Crippen molar-refractivity contribution < 1.29 is 18.7 Å². The van der Waals surface area contributed by atoms with E-state index in [1.54, 1.807) is 24.1 Å². The van der Waals surface area contributed by atoms with Crippen molar-refractivity contribution in [3.63, 3.8) is 0 Å². The minimum atomic E-state index is -0.638. The van der Waals surface area contributed by atoms with E-state index in [-0.39, 0.29) is 29.9 Å². The van der Waals surface area contributed by atoms with E-state index < -0.39 is 17.4 Å². The SMILES string of the molecule is CC[C@H](C(=O)NC(C)(C)C)N(Cc1cccc(OC)c1)C(=O)CSCc1c(F)cccc1Cl. The zero-order valence-electron chi connectivity index (χ0n) is 19.8. The van der Waals surface area contributed by atoms with Crippen LogP contribution >= 0.6 is 23.4 Å². The molecule has 2 aromatic rings. The highest BCUT2D eigenvalue weighted by atomic mass is 35.5. The number of halogens is 2. The zero-order chi connectivity index (χ0) is 24.6. The Morgan fingerprint density at radius 1 is 1.21 bits per heavy atom. The van der Waals surface area contributed by atoms with E-state index >= 15 is 0 Å². The lowest BCUT2D eigenvalue weighted by molar-refractivity contribution is -0.140. The number of thioether (sulfide) groups is 1. The Morgan fingerprint density at radius 3 is 2.52 bits per heavy atom. The number of nitrogens with one attached hydrogen (secondary N) is 1. The molecule has 180 valence electrons. The molecule has 0 spiro atoms. The van der Waals surface area contributed by atoms with Crippen LogP contribution in [0.2, 0.25) is 5.02 Å². The average molecular weight is 495 g/mol. The predicted molar refractivity (Wildman–Crippen MR) is 133 cm³/mol. The van der Waals surface area contributed by atoms with Crippen molar-refractivity contribution in [2.75, 3.05) is 12.9 Å². The number of rotatable bonds is 10. The molecule has 1 N–H and O–H groups in total. The number of hydrogen-bond donors (Lipinski definition) is 1. The van der Waals surface area contributed by atoms with Crippen molar-refractivity contribution in [3.8, 4) is 5.75 Å². The summed E-state index contributed by atoms with van der Waals surface area (Å²) < 4.78 is 19.4. The lowest BCUT2D eigenvalue weighted by Crippen LogP contribution is -2.53. The summed E-state index contributed by atoms with van der Waals surface area (Å²) in [5, 5.41) is 3.31. The molecule has 5 nitrogen and oxygen atoms in total. The number of ether oxygens (including phenoxy) is 1. The molecule has 0 saturated carbocycles. The molecule has 0 aliphatic carbocycles. The van der Waals surface area contributed by atoms with Crippen LogP contribution in [-0.4, -0.2) is 41.2 Å². The van der Waals surface area contributed by atoms with Gasteiger partial charge in [0.1, 0.15) is 17.6 Å². The second kappa shape index (κ2) is 12.3. The summed E-state index contributed by atoms with van der Waals surface area (Å²) in [6, 6.07) is 11.3. The smallest absolute Gasteiger partial charge is 0.243 e. The topological polar surface area (TPSA) is 58.6 Å². The van der Waals surface area contributed by atoms with Gasteiger partial charge in [-0.2, -0.15) is 0 Å². The monoisotopic (exact) mass is 494 g/mol. The molecule has 0 aromatic heterocycles. The van der Waals surface area contributed by atoms with E-state index in [4.69, 9.17) is 16.3 Å². The van der Waals surface area contributed by atoms with Gasteiger partial charge < -0.3 is 15.0 Å². The van der Waals surface area contributed by atoms with Crippen molar-refractivity contribution in [2.24, 2.45) is 0 Å². The lowest BCUT2D eigenvalue weighted by atomic mass is 10.1. The molecule has 8 heteroatoms. The minimum absolute atomic E-state index is 0.0912. The number of amides is 2. The third-order valence-electron chi connectivity index (χ3n) is 4.90. The first-order valence-electron chi connectivity index (χ1n) is 10.8. The number of benzene rings is 2. The number of hydrogen-bond acceptors (Lipinski definition) is 4. The van der Waals surface area contributed by atoms with E-state index in [0.717, 1.165) is 5.56 Å². The van der Waals surface area contributed by atoms with Crippen molar-refractivity contribution in [1.29, 1.82) is 0 Å². The first-order valence-corrected chi connectivity index (χ1v) is 12.3. The van der Waals surface area contributed by atoms with Gasteiger partial charge in [-0.3, -0.25) is 9.59 Å². The normalized spacial score (nSPS) is 12.2. The van der Waals surface area contributed by atoms with Crippen LogP contribution in [-0.2, 0) is 21.9 Å². The Balaban J connectivity index is 2.22. The first kappa shape index (κ1) is 27.0. The van der Waals surface area contributed by atoms with Gasteiger partial charge in [0.2, 0.25) is 11.8 Å². The Labute approximate surface area is 205 Å². The Kier molecular flexibility index (Phi) is 10.0. The molecule has 0 unspecified atom stereocenters. The van der Waals surface area contributed by atoms with Crippen molar-refractivity contribution in [1.82, 2.24) is 10.2 Å². The zero-order valence-corrected chi connectivity index (χ0v) is 21.4. The van der Waals surface area contributed by atoms with Crippen LogP contribution in [0.15, 0.2) is 42.5 Å². The molecule has 2 amide bonds. The van der Waals surface area contributed by atoms with Crippen LogP contribution in [0.1, 0.15) is 45.2 Å². The number of nitrogens with zero attached hydrogens (tertiary/aromatic N) is 1. The summed E-state index contributed by atoms with van der Waals surface area (Å²) in [5.74, 6) is 0.223. The molecule has 0 bridgehead atoms. The average Bonchev–Trinajstić information content (AvgIpc) is 2.74. The summed E-state index contributed by atoms with van der Waals surface area (Å²) in [4.78, 5) is 27.9. The molecule has 0 heterocycles. The van der Waals surface area contributed by atoms with Crippen LogP contribution in [0.5, 0.6) is 5.75 Å². The minimum Gasteiger partial charge on any atom is -0.497 e. The van der Waals surface area contributed by atoms with Gasteiger partial charge in [-0.15, -0.1) is 11.8 Å². The second-order valence-electron chi connectivity index (χ2n) is 8.73. The number of carbonyl (C=O) groups excluding carboxylic acids is 2. The van der Waals surface area contributed by atoms with E-state index in [9.17, 15) is 14.0 Å². The highest BCUT2D eigenvalue weighted by Crippen LogP contribution is 2.25. The highest BCUT2D eigenvalue weighted by Gasteiger charge is 2.30. The first-order chi connectivity index (χ1) is 15.6. The summed E-state index contributed by atoms with van der Waals surface area (Å²) in [5.41, 5.74) is 0.798. The molecule has 0 aliphatic rings. The Hall–Kier alpha value is -2.25. The fourth-order valence-corrected chi connectivity index (χ4v) is 4.58. The highest BCUT2D eigenvalue weighted by molar-refractivity contribution is 7.99. The molecule has 1 atom stereocenters. The number of methoxy groups -OCH3 is 1. The van der Waals surface area contributed by atoms with Gasteiger partial charge in [-0.05, 0) is 57.0 Å². The number of carbonyl (C=O) groups is 2. The maximum absolute atomic E-state index is 14.1. The van der Waals surface area contributed by atoms with Crippen molar-refractivity contribution >= 4 is 35.2 Å². The molecule has 0 radical (unpaired) electrons. The van der Waals surface area contributed by atoms with Crippen LogP contribution in [0.25, 0.3) is 0 Å². The van der Waals surface area contributed by atoms with E-state index in [1.165, 1.54) is 17.8 Å². The second-order valence-corrected chi connectivity index (χ2v) is 10.1. The summed E-state index contributed by atoms with van der Waals surface area (Å²) >= 11 is 7.38. The van der Waals surface area contributed by atoms with Crippen LogP contribution in [0, 0.1) is 5.82 Å². The molecular weight excluding hydrogens is 463 g/mol. The molecular formula is C25H32ClFN2O3S. The largest absolute Gasteiger partial charge is 0.497 e. The standard InChI is InChI=1S/C25H32ClFN2O3S/c1-6-22(24(31)28-25(2,3)4)29(14-17-9-7-10-18(13-17)32-5)23(30)16-33-15-19-20(26)11-8-12-21(19)27/h7-13,22H,6,14-16H2,1-5H3,(H,28,31)/t22-/m1/s1. The van der Waals surface area contributed by atoms with Gasteiger partial charge in [0.25, 0.3) is 0 Å². The molecule has 2 rings (SSSR count).